The third kappa shape index (κ3) is 3.75. The van der Waals surface area contributed by atoms with E-state index >= 15 is 0 Å². The second kappa shape index (κ2) is 9.42. The molecule has 2 atom stereocenters. The fourth-order valence-electron chi connectivity index (χ4n) is 5.66. The Morgan fingerprint density at radius 1 is 0.444 bits per heavy atom. The lowest BCUT2D eigenvalue weighted by Gasteiger charge is -2.32. The molecule has 2 aliphatic heterocycles. The van der Waals surface area contributed by atoms with Gasteiger partial charge in [-0.3, -0.25) is 0 Å². The molecule has 7 rings (SSSR count). The highest BCUT2D eigenvalue weighted by Crippen LogP contribution is 2.52. The van der Waals surface area contributed by atoms with Gasteiger partial charge in [0.1, 0.15) is 0 Å². The molecular formula is C32H28O2S2+2. The lowest BCUT2D eigenvalue weighted by Crippen LogP contribution is -2.42. The second-order valence-corrected chi connectivity index (χ2v) is 13.7. The number of hydrogen-bond acceptors (Lipinski definition) is 2. The highest BCUT2D eigenvalue weighted by Gasteiger charge is 2.55. The van der Waals surface area contributed by atoms with Crippen LogP contribution in [0, 0.1) is 0 Å². The summed E-state index contributed by atoms with van der Waals surface area (Å²) >= 11 is 0. The highest BCUT2D eigenvalue weighted by atomic mass is 32.2. The SMILES string of the molecule is C1=CCCC([S+]2c3ccccc3Oc3ccccc32)C([S+]2c3ccccc3Oc3ccccc32)CC1. The van der Waals surface area contributed by atoms with Crippen molar-refractivity contribution in [3.63, 3.8) is 0 Å². The lowest BCUT2D eigenvalue weighted by molar-refractivity contribution is 0.449. The highest BCUT2D eigenvalue weighted by molar-refractivity contribution is 8.01. The molecule has 4 heteroatoms. The van der Waals surface area contributed by atoms with E-state index in [2.05, 4.69) is 109 Å². The summed E-state index contributed by atoms with van der Waals surface area (Å²) in [5.74, 6) is 4.08. The molecule has 0 bridgehead atoms. The van der Waals surface area contributed by atoms with Gasteiger partial charge in [0, 0.05) is 12.8 Å². The first-order chi connectivity index (χ1) is 17.9. The molecule has 4 aromatic carbocycles. The van der Waals surface area contributed by atoms with Crippen LogP contribution in [0.25, 0.3) is 0 Å². The minimum Gasteiger partial charge on any atom is -0.447 e. The smallest absolute Gasteiger partial charge is 0.203 e. The zero-order valence-corrected chi connectivity index (χ0v) is 21.6. The quantitative estimate of drug-likeness (QED) is 0.199. The van der Waals surface area contributed by atoms with E-state index in [0.29, 0.717) is 10.5 Å². The van der Waals surface area contributed by atoms with Crippen molar-refractivity contribution < 1.29 is 9.47 Å². The molecule has 0 aromatic heterocycles. The summed E-state index contributed by atoms with van der Waals surface area (Å²) in [4.78, 5) is 5.42. The molecule has 0 N–H and O–H groups in total. The molecule has 2 heterocycles. The van der Waals surface area contributed by atoms with Crippen LogP contribution in [-0.2, 0) is 21.8 Å². The molecule has 178 valence electrons. The maximum atomic E-state index is 6.42. The van der Waals surface area contributed by atoms with Gasteiger partial charge in [-0.15, -0.1) is 0 Å². The van der Waals surface area contributed by atoms with Gasteiger partial charge in [0.25, 0.3) is 0 Å². The summed E-state index contributed by atoms with van der Waals surface area (Å²) in [6.07, 6.45) is 9.38. The largest absolute Gasteiger partial charge is 0.447 e. The Hall–Kier alpha value is -3.08. The van der Waals surface area contributed by atoms with Gasteiger partial charge in [-0.2, -0.15) is 0 Å². The predicted molar refractivity (Wildman–Crippen MR) is 149 cm³/mol. The van der Waals surface area contributed by atoms with Crippen molar-refractivity contribution in [3.8, 4) is 23.0 Å². The van der Waals surface area contributed by atoms with Crippen molar-refractivity contribution in [1.29, 1.82) is 0 Å². The minimum atomic E-state index is -0.0779. The average Bonchev–Trinajstić information content (AvgIpc) is 2.91. The summed E-state index contributed by atoms with van der Waals surface area (Å²) in [6, 6.07) is 34.9. The van der Waals surface area contributed by atoms with Gasteiger partial charge in [-0.25, -0.2) is 0 Å². The summed E-state index contributed by atoms with van der Waals surface area (Å²) in [6.45, 7) is 0. The molecule has 36 heavy (non-hydrogen) atoms. The van der Waals surface area contributed by atoms with Crippen LogP contribution in [0.2, 0.25) is 0 Å². The van der Waals surface area contributed by atoms with Gasteiger partial charge in [0.15, 0.2) is 33.5 Å². The minimum absolute atomic E-state index is 0.0779. The Kier molecular flexibility index (Phi) is 5.79. The number of rotatable bonds is 2. The van der Waals surface area contributed by atoms with Crippen molar-refractivity contribution in [1.82, 2.24) is 0 Å². The molecule has 0 fully saturated rings. The molecule has 0 amide bonds. The Bertz CT molecular complexity index is 1250. The van der Waals surface area contributed by atoms with Crippen LogP contribution < -0.4 is 9.47 Å². The van der Waals surface area contributed by atoms with Crippen LogP contribution in [0.5, 0.6) is 23.0 Å². The summed E-state index contributed by atoms with van der Waals surface area (Å²) in [5.41, 5.74) is 0. The number of ether oxygens (including phenoxy) is 2. The molecule has 0 saturated carbocycles. The Labute approximate surface area is 218 Å². The van der Waals surface area contributed by atoms with E-state index < -0.39 is 0 Å². The van der Waals surface area contributed by atoms with Crippen molar-refractivity contribution in [2.45, 2.75) is 55.8 Å². The number of fused-ring (bicyclic) bond motifs is 4. The Morgan fingerprint density at radius 3 is 1.08 bits per heavy atom. The summed E-state index contributed by atoms with van der Waals surface area (Å²) in [5, 5.41) is 1.01. The van der Waals surface area contributed by atoms with Gasteiger partial charge < -0.3 is 9.47 Å². The van der Waals surface area contributed by atoms with Gasteiger partial charge in [-0.05, 0) is 61.4 Å². The molecular weight excluding hydrogens is 480 g/mol. The van der Waals surface area contributed by atoms with E-state index in [1.54, 1.807) is 0 Å². The molecule has 4 aromatic rings. The van der Waals surface area contributed by atoms with Crippen molar-refractivity contribution in [2.75, 3.05) is 0 Å². The fourth-order valence-corrected chi connectivity index (χ4v) is 11.9. The van der Waals surface area contributed by atoms with E-state index in [1.165, 1.54) is 32.4 Å². The van der Waals surface area contributed by atoms with E-state index in [9.17, 15) is 0 Å². The predicted octanol–water partition coefficient (Wildman–Crippen LogP) is 8.54. The third-order valence-electron chi connectivity index (χ3n) is 7.21. The van der Waals surface area contributed by atoms with Crippen LogP contribution in [0.3, 0.4) is 0 Å². The van der Waals surface area contributed by atoms with Gasteiger partial charge in [-0.1, -0.05) is 60.7 Å². The third-order valence-corrected chi connectivity index (χ3v) is 13.0. The first-order valence-corrected chi connectivity index (χ1v) is 15.3. The van der Waals surface area contributed by atoms with E-state index in [-0.39, 0.29) is 21.8 Å². The molecule has 3 aliphatic rings. The van der Waals surface area contributed by atoms with Crippen LogP contribution >= 0.6 is 0 Å². The standard InChI is InChI=1S/C32H28O2S2/c1-2-4-22-32(36-29-19-11-7-15-25(29)34-26-16-8-12-20-30(26)36)31(21-3-1)35-27-17-9-5-13-23(27)33-24-14-6-10-18-28(24)35/h1-2,5-20,31-32H,3-4,21-22H2/q+2. The maximum absolute atomic E-state index is 6.42. The summed E-state index contributed by atoms with van der Waals surface area (Å²) in [7, 11) is -0.156. The molecule has 2 unspecified atom stereocenters. The van der Waals surface area contributed by atoms with Crippen LogP contribution in [0.4, 0.5) is 0 Å². The van der Waals surface area contributed by atoms with Gasteiger partial charge in [0.2, 0.25) is 19.6 Å². The Morgan fingerprint density at radius 2 is 0.750 bits per heavy atom. The Balaban J connectivity index is 1.43. The maximum Gasteiger partial charge on any atom is 0.203 e. The normalized spacial score (nSPS) is 21.0. The van der Waals surface area contributed by atoms with Crippen LogP contribution in [0.1, 0.15) is 25.7 Å². The number of hydrogen-bond donors (Lipinski definition) is 0. The molecule has 0 saturated heterocycles. The van der Waals surface area contributed by atoms with Crippen molar-refractivity contribution in [3.05, 3.63) is 109 Å². The molecule has 0 spiro atoms. The second-order valence-electron chi connectivity index (χ2n) is 9.37. The lowest BCUT2D eigenvalue weighted by atomic mass is 10.1. The zero-order valence-electron chi connectivity index (χ0n) is 20.0. The average molecular weight is 509 g/mol. The van der Waals surface area contributed by atoms with Crippen LogP contribution in [-0.4, -0.2) is 10.5 Å². The van der Waals surface area contributed by atoms with Crippen LogP contribution in [0.15, 0.2) is 129 Å². The summed E-state index contributed by atoms with van der Waals surface area (Å²) < 4.78 is 12.8. The molecule has 1 aliphatic carbocycles. The van der Waals surface area contributed by atoms with E-state index in [1.807, 2.05) is 0 Å². The van der Waals surface area contributed by atoms with Gasteiger partial charge >= 0.3 is 0 Å². The fraction of sp³-hybridized carbons (Fsp3) is 0.188. The first-order valence-electron chi connectivity index (χ1n) is 12.7. The number of para-hydroxylation sites is 4. The topological polar surface area (TPSA) is 18.5 Å². The van der Waals surface area contributed by atoms with Crippen molar-refractivity contribution in [2.24, 2.45) is 0 Å². The zero-order chi connectivity index (χ0) is 23.9. The van der Waals surface area contributed by atoms with Crippen molar-refractivity contribution >= 4 is 21.8 Å². The first kappa shape index (κ1) is 22.1. The number of allylic oxidation sites excluding steroid dienone is 2. The monoisotopic (exact) mass is 508 g/mol. The molecule has 0 radical (unpaired) electrons. The van der Waals surface area contributed by atoms with E-state index in [4.69, 9.17) is 9.47 Å². The van der Waals surface area contributed by atoms with Gasteiger partial charge in [0.05, 0.1) is 21.8 Å². The number of benzene rings is 4. The van der Waals surface area contributed by atoms with E-state index in [0.717, 1.165) is 35.8 Å². The molecule has 2 nitrogen and oxygen atoms in total.